The second kappa shape index (κ2) is 10.8. The number of rotatable bonds is 11. The summed E-state index contributed by atoms with van der Waals surface area (Å²) in [6, 6.07) is 0. The van der Waals surface area contributed by atoms with Crippen LogP contribution >= 0.6 is 0 Å². The highest BCUT2D eigenvalue weighted by Gasteiger charge is 2.08. The Morgan fingerprint density at radius 3 is 2.28 bits per heavy atom. The first-order valence-electron chi connectivity index (χ1n) is 6.64. The molecule has 1 N–H and O–H groups in total. The van der Waals surface area contributed by atoms with Gasteiger partial charge in [0.2, 0.25) is 0 Å². The number of carboxylic acids is 1. The van der Waals surface area contributed by atoms with Gasteiger partial charge in [-0.2, -0.15) is 0 Å². The summed E-state index contributed by atoms with van der Waals surface area (Å²) in [5.41, 5.74) is 0.0477. The normalized spacial score (nSPS) is 10.1. The lowest BCUT2D eigenvalue weighted by molar-refractivity contribution is -0.143. The van der Waals surface area contributed by atoms with Crippen LogP contribution < -0.4 is 0 Å². The number of hydrogen-bond acceptors (Lipinski definition) is 3. The lowest BCUT2D eigenvalue weighted by Crippen LogP contribution is -2.08. The highest BCUT2D eigenvalue weighted by Crippen LogP contribution is 2.06. The van der Waals surface area contributed by atoms with Gasteiger partial charge in [0, 0.05) is 12.0 Å². The van der Waals surface area contributed by atoms with Crippen LogP contribution in [0.25, 0.3) is 0 Å². The molecule has 4 nitrogen and oxygen atoms in total. The summed E-state index contributed by atoms with van der Waals surface area (Å²) in [6.45, 7) is 5.97. The van der Waals surface area contributed by atoms with Crippen LogP contribution in [0, 0.1) is 0 Å². The molecule has 0 aliphatic carbocycles. The summed E-state index contributed by atoms with van der Waals surface area (Å²) in [4.78, 5) is 21.7. The Balaban J connectivity index is 3.37. The van der Waals surface area contributed by atoms with E-state index in [0.29, 0.717) is 6.61 Å². The van der Waals surface area contributed by atoms with E-state index < -0.39 is 5.97 Å². The third kappa shape index (κ3) is 9.87. The number of unbranched alkanes of at least 4 members (excludes halogenated alkanes) is 5. The van der Waals surface area contributed by atoms with E-state index in [4.69, 9.17) is 9.84 Å². The van der Waals surface area contributed by atoms with E-state index in [0.717, 1.165) is 12.8 Å². The molecule has 0 saturated carbocycles. The SMILES string of the molecule is C=C(CCC(=O)OCCCCCCCC)C(=O)O. The minimum absolute atomic E-state index is 0.0477. The average molecular weight is 256 g/mol. The Bertz CT molecular complexity index is 271. The maximum absolute atomic E-state index is 11.2. The van der Waals surface area contributed by atoms with Crippen molar-refractivity contribution in [2.75, 3.05) is 6.61 Å². The van der Waals surface area contributed by atoms with E-state index in [1.54, 1.807) is 0 Å². The van der Waals surface area contributed by atoms with E-state index in [1.807, 2.05) is 0 Å². The van der Waals surface area contributed by atoms with Crippen molar-refractivity contribution in [3.05, 3.63) is 12.2 Å². The first kappa shape index (κ1) is 16.7. The Morgan fingerprint density at radius 1 is 1.06 bits per heavy atom. The number of carbonyl (C=O) groups is 2. The monoisotopic (exact) mass is 256 g/mol. The molecule has 0 amide bonds. The van der Waals surface area contributed by atoms with E-state index >= 15 is 0 Å². The Labute approximate surface area is 109 Å². The summed E-state index contributed by atoms with van der Waals surface area (Å²) >= 11 is 0. The molecule has 0 heterocycles. The van der Waals surface area contributed by atoms with E-state index in [2.05, 4.69) is 13.5 Å². The minimum Gasteiger partial charge on any atom is -0.478 e. The molecule has 0 aliphatic heterocycles. The molecule has 0 bridgehead atoms. The molecular weight excluding hydrogens is 232 g/mol. The molecular formula is C14H24O4. The first-order chi connectivity index (χ1) is 8.57. The van der Waals surface area contributed by atoms with Crippen LogP contribution in [0.5, 0.6) is 0 Å². The Kier molecular flexibility index (Phi) is 10.0. The van der Waals surface area contributed by atoms with Crippen molar-refractivity contribution in [1.29, 1.82) is 0 Å². The van der Waals surface area contributed by atoms with Crippen LogP contribution in [0.3, 0.4) is 0 Å². The maximum atomic E-state index is 11.2. The zero-order valence-electron chi connectivity index (χ0n) is 11.2. The zero-order chi connectivity index (χ0) is 13.8. The second-order valence-corrected chi connectivity index (χ2v) is 4.40. The van der Waals surface area contributed by atoms with Gasteiger partial charge in [0.1, 0.15) is 0 Å². The van der Waals surface area contributed by atoms with Gasteiger partial charge in [-0.3, -0.25) is 4.79 Å². The molecule has 0 aliphatic rings. The van der Waals surface area contributed by atoms with Crippen molar-refractivity contribution in [3.8, 4) is 0 Å². The zero-order valence-corrected chi connectivity index (χ0v) is 11.2. The average Bonchev–Trinajstić information content (AvgIpc) is 2.34. The van der Waals surface area contributed by atoms with Gasteiger partial charge in [-0.25, -0.2) is 4.79 Å². The molecule has 0 aromatic carbocycles. The number of carboxylic acid groups (broad SMARTS) is 1. The Hall–Kier alpha value is -1.32. The summed E-state index contributed by atoms with van der Waals surface area (Å²) < 4.78 is 5.01. The molecule has 4 heteroatoms. The third-order valence-electron chi connectivity index (χ3n) is 2.69. The van der Waals surface area contributed by atoms with Crippen molar-refractivity contribution in [1.82, 2.24) is 0 Å². The van der Waals surface area contributed by atoms with Crippen molar-refractivity contribution in [2.24, 2.45) is 0 Å². The number of esters is 1. The van der Waals surface area contributed by atoms with Crippen molar-refractivity contribution < 1.29 is 19.4 Å². The first-order valence-corrected chi connectivity index (χ1v) is 6.64. The largest absolute Gasteiger partial charge is 0.478 e. The van der Waals surface area contributed by atoms with E-state index in [-0.39, 0.29) is 24.4 Å². The van der Waals surface area contributed by atoms with Crippen LogP contribution in [0.2, 0.25) is 0 Å². The predicted octanol–water partition coefficient (Wildman–Crippen LogP) is 3.31. The van der Waals surface area contributed by atoms with Crippen LogP contribution in [0.4, 0.5) is 0 Å². The minimum atomic E-state index is -1.06. The van der Waals surface area contributed by atoms with Gasteiger partial charge in [-0.15, -0.1) is 0 Å². The number of aliphatic carboxylic acids is 1. The molecule has 0 atom stereocenters. The smallest absolute Gasteiger partial charge is 0.330 e. The third-order valence-corrected chi connectivity index (χ3v) is 2.69. The van der Waals surface area contributed by atoms with Crippen molar-refractivity contribution in [2.45, 2.75) is 58.3 Å². The van der Waals surface area contributed by atoms with Crippen LogP contribution in [0.1, 0.15) is 58.3 Å². The molecule has 104 valence electrons. The lowest BCUT2D eigenvalue weighted by atomic mass is 10.1. The highest BCUT2D eigenvalue weighted by atomic mass is 16.5. The molecule has 0 rings (SSSR count). The molecule has 18 heavy (non-hydrogen) atoms. The molecule has 0 unspecified atom stereocenters. The Morgan fingerprint density at radius 2 is 1.67 bits per heavy atom. The molecule has 0 saturated heterocycles. The summed E-state index contributed by atoms with van der Waals surface area (Å²) in [5, 5.41) is 8.56. The highest BCUT2D eigenvalue weighted by molar-refractivity contribution is 5.86. The molecule has 0 aromatic heterocycles. The summed E-state index contributed by atoms with van der Waals surface area (Å²) in [5.74, 6) is -1.40. The lowest BCUT2D eigenvalue weighted by Gasteiger charge is -2.04. The topological polar surface area (TPSA) is 63.6 Å². The fourth-order valence-corrected chi connectivity index (χ4v) is 1.50. The summed E-state index contributed by atoms with van der Waals surface area (Å²) in [7, 11) is 0. The standard InChI is InChI=1S/C14H24O4/c1-3-4-5-6-7-8-11-18-13(15)10-9-12(2)14(16)17/h2-11H2,1H3,(H,16,17). The quantitative estimate of drug-likeness (QED) is 0.350. The number of ether oxygens (including phenoxy) is 1. The molecule has 0 fully saturated rings. The van der Waals surface area contributed by atoms with Gasteiger partial charge in [0.05, 0.1) is 6.61 Å². The summed E-state index contributed by atoms with van der Waals surface area (Å²) in [6.07, 6.45) is 7.12. The van der Waals surface area contributed by atoms with Gasteiger partial charge in [0.25, 0.3) is 0 Å². The number of carbonyl (C=O) groups excluding carboxylic acids is 1. The van der Waals surface area contributed by atoms with Crippen LogP contribution in [-0.2, 0) is 14.3 Å². The maximum Gasteiger partial charge on any atom is 0.330 e. The van der Waals surface area contributed by atoms with E-state index in [1.165, 1.54) is 25.7 Å². The van der Waals surface area contributed by atoms with Gasteiger partial charge < -0.3 is 9.84 Å². The van der Waals surface area contributed by atoms with Gasteiger partial charge in [-0.05, 0) is 12.8 Å². The predicted molar refractivity (Wildman–Crippen MR) is 70.3 cm³/mol. The van der Waals surface area contributed by atoms with Gasteiger partial charge >= 0.3 is 11.9 Å². The second-order valence-electron chi connectivity index (χ2n) is 4.40. The van der Waals surface area contributed by atoms with Gasteiger partial charge in [-0.1, -0.05) is 45.6 Å². The molecule has 0 spiro atoms. The van der Waals surface area contributed by atoms with E-state index in [9.17, 15) is 9.59 Å². The van der Waals surface area contributed by atoms with Crippen molar-refractivity contribution in [3.63, 3.8) is 0 Å². The van der Waals surface area contributed by atoms with Crippen molar-refractivity contribution >= 4 is 11.9 Å². The molecule has 0 radical (unpaired) electrons. The fraction of sp³-hybridized carbons (Fsp3) is 0.714. The number of hydrogen-bond donors (Lipinski definition) is 1. The molecule has 0 aromatic rings. The van der Waals surface area contributed by atoms with Gasteiger partial charge in [0.15, 0.2) is 0 Å². The van der Waals surface area contributed by atoms with Crippen LogP contribution in [0.15, 0.2) is 12.2 Å². The van der Waals surface area contributed by atoms with Crippen LogP contribution in [-0.4, -0.2) is 23.7 Å². The fourth-order valence-electron chi connectivity index (χ4n) is 1.50.